The minimum Gasteiger partial charge on any atom is -0.496 e. The van der Waals surface area contributed by atoms with E-state index in [1.54, 1.807) is 47.8 Å². The van der Waals surface area contributed by atoms with Crippen LogP contribution in [0.1, 0.15) is 138 Å². The van der Waals surface area contributed by atoms with Crippen LogP contribution in [-0.4, -0.2) is 78.3 Å². The van der Waals surface area contributed by atoms with Crippen molar-refractivity contribution in [2.24, 2.45) is 17.8 Å². The van der Waals surface area contributed by atoms with E-state index in [0.717, 1.165) is 18.4 Å². The summed E-state index contributed by atoms with van der Waals surface area (Å²) in [7, 11) is -2.36. The topological polar surface area (TPSA) is 188 Å². The Labute approximate surface area is 362 Å². The molecule has 61 heavy (non-hydrogen) atoms. The molecule has 0 saturated heterocycles. The Morgan fingerprint density at radius 2 is 1.79 bits per heavy atom. The molecular formula is C46H68N4O10S. The van der Waals surface area contributed by atoms with Gasteiger partial charge < -0.3 is 29.6 Å². The summed E-state index contributed by atoms with van der Waals surface area (Å²) in [5.41, 5.74) is -0.734. The summed E-state index contributed by atoms with van der Waals surface area (Å²) in [5, 5.41) is 6.55. The minimum atomic E-state index is -3.95. The molecule has 2 aromatic rings. The molecular weight excluding hydrogens is 801 g/mol. The molecule has 0 bridgehead atoms. The van der Waals surface area contributed by atoms with Gasteiger partial charge in [-0.2, -0.15) is 0 Å². The number of alkyl carbamates (subject to hydrolysis) is 1. The highest BCUT2D eigenvalue weighted by molar-refractivity contribution is 7.91. The van der Waals surface area contributed by atoms with Crippen LogP contribution in [0.4, 0.5) is 4.79 Å². The highest BCUT2D eigenvalue weighted by atomic mass is 32.2. The lowest BCUT2D eigenvalue weighted by atomic mass is 9.87. The van der Waals surface area contributed by atoms with Gasteiger partial charge >= 0.3 is 6.09 Å². The smallest absolute Gasteiger partial charge is 0.408 e. The molecule has 0 radical (unpaired) electrons. The van der Waals surface area contributed by atoms with E-state index in [1.807, 2.05) is 52.0 Å². The lowest BCUT2D eigenvalue weighted by Gasteiger charge is -2.29. The number of rotatable bonds is 10. The van der Waals surface area contributed by atoms with Crippen molar-refractivity contribution in [2.75, 3.05) is 7.11 Å². The lowest BCUT2D eigenvalue weighted by molar-refractivity contribution is -0.131. The first-order valence-electron chi connectivity index (χ1n) is 22.0. The number of carbonyl (C=O) groups is 4. The largest absolute Gasteiger partial charge is 0.496 e. The van der Waals surface area contributed by atoms with Gasteiger partial charge in [0.2, 0.25) is 21.8 Å². The molecule has 3 amide bonds. The number of sulfonamides is 1. The first-order valence-corrected chi connectivity index (χ1v) is 23.5. The normalized spacial score (nSPS) is 26.4. The molecule has 2 aliphatic carbocycles. The third-order valence-electron chi connectivity index (χ3n) is 12.1. The molecule has 6 atom stereocenters. The van der Waals surface area contributed by atoms with Gasteiger partial charge in [-0.05, 0) is 118 Å². The number of Topliss-reactive ketones (excluding diaryl/α,β-unsaturated/α-hetero) is 1. The van der Waals surface area contributed by atoms with Gasteiger partial charge in [0.05, 0.1) is 35.6 Å². The van der Waals surface area contributed by atoms with Gasteiger partial charge in [0, 0.05) is 35.3 Å². The zero-order valence-electron chi connectivity index (χ0n) is 37.8. The van der Waals surface area contributed by atoms with Crippen LogP contribution in [0.25, 0.3) is 10.9 Å². The van der Waals surface area contributed by atoms with Gasteiger partial charge in [0.1, 0.15) is 22.6 Å². The van der Waals surface area contributed by atoms with E-state index in [4.69, 9.17) is 23.9 Å². The Hall–Kier alpha value is -4.40. The molecule has 1 aromatic heterocycles. The highest BCUT2D eigenvalue weighted by Crippen LogP contribution is 2.47. The van der Waals surface area contributed by atoms with Crippen LogP contribution in [-0.2, 0) is 29.1 Å². The average Bonchev–Trinajstić information content (AvgIpc) is 4.09. The molecule has 3 N–H and O–H groups in total. The van der Waals surface area contributed by atoms with Crippen molar-refractivity contribution in [1.29, 1.82) is 0 Å². The second-order valence-electron chi connectivity index (χ2n) is 18.9. The molecule has 1 aliphatic heterocycles. The molecule has 2 saturated carbocycles. The number of aromatic nitrogens is 1. The molecule has 0 spiro atoms. The van der Waals surface area contributed by atoms with E-state index in [0.29, 0.717) is 73.2 Å². The van der Waals surface area contributed by atoms with Gasteiger partial charge in [-0.3, -0.25) is 19.1 Å². The SMILES string of the molecule is CCC1CC(=O)C(NC(=O)OC(C)(C)C)CCCCCC=CC2CC2(C(=O)NS(=O)(=O)C2(C)CC2)NC(=O)C(C)CC(Oc2cc(OC(C)C)nc3c(C)c(OC)ccc23)C1. The first-order chi connectivity index (χ1) is 28.6. The molecule has 338 valence electrons. The average molecular weight is 869 g/mol. The third kappa shape index (κ3) is 12.2. The predicted octanol–water partition coefficient (Wildman–Crippen LogP) is 7.78. The van der Waals surface area contributed by atoms with Crippen molar-refractivity contribution in [2.45, 2.75) is 174 Å². The minimum absolute atomic E-state index is 0.104. The fraction of sp³-hybridized carbons (Fsp3) is 0.674. The van der Waals surface area contributed by atoms with E-state index in [1.165, 1.54) is 0 Å². The van der Waals surface area contributed by atoms with Crippen molar-refractivity contribution in [1.82, 2.24) is 20.3 Å². The van der Waals surface area contributed by atoms with E-state index < -0.39 is 67.8 Å². The number of nitrogens with one attached hydrogen (secondary N) is 3. The second kappa shape index (κ2) is 19.3. The maximum Gasteiger partial charge on any atom is 0.408 e. The van der Waals surface area contributed by atoms with Crippen LogP contribution in [0.5, 0.6) is 17.4 Å². The van der Waals surface area contributed by atoms with Crippen LogP contribution in [0, 0.1) is 24.7 Å². The summed E-state index contributed by atoms with van der Waals surface area (Å²) in [6, 6.07) is 4.71. The lowest BCUT2D eigenvalue weighted by Crippen LogP contribution is -2.54. The molecule has 2 fully saturated rings. The zero-order valence-corrected chi connectivity index (χ0v) is 38.6. The van der Waals surface area contributed by atoms with Crippen LogP contribution >= 0.6 is 0 Å². The summed E-state index contributed by atoms with van der Waals surface area (Å²) in [6.45, 7) is 16.4. The molecule has 5 rings (SSSR count). The monoisotopic (exact) mass is 868 g/mol. The van der Waals surface area contributed by atoms with Crippen LogP contribution < -0.4 is 29.6 Å². The Bertz CT molecular complexity index is 2080. The Morgan fingerprint density at radius 3 is 2.43 bits per heavy atom. The highest BCUT2D eigenvalue weighted by Gasteiger charge is 2.62. The van der Waals surface area contributed by atoms with Crippen LogP contribution in [0.15, 0.2) is 30.4 Å². The zero-order chi connectivity index (χ0) is 44.9. The number of hydrogen-bond donors (Lipinski definition) is 3. The fourth-order valence-electron chi connectivity index (χ4n) is 7.96. The van der Waals surface area contributed by atoms with Crippen molar-refractivity contribution in [3.8, 4) is 17.4 Å². The Morgan fingerprint density at radius 1 is 1.07 bits per heavy atom. The number of nitrogens with zero attached hydrogens (tertiary/aromatic N) is 1. The first kappa shape index (κ1) is 47.6. The van der Waals surface area contributed by atoms with Gasteiger partial charge in [-0.15, -0.1) is 0 Å². The molecule has 15 heteroatoms. The van der Waals surface area contributed by atoms with Gasteiger partial charge in [-0.25, -0.2) is 18.2 Å². The fourth-order valence-corrected chi connectivity index (χ4v) is 9.27. The molecule has 14 nitrogen and oxygen atoms in total. The number of carbonyl (C=O) groups excluding carboxylic acids is 4. The van der Waals surface area contributed by atoms with E-state index in [9.17, 15) is 27.6 Å². The van der Waals surface area contributed by atoms with Crippen LogP contribution in [0.3, 0.4) is 0 Å². The summed E-state index contributed by atoms with van der Waals surface area (Å²) in [6.07, 6.45) is 8.34. The number of ether oxygens (including phenoxy) is 4. The molecule has 2 heterocycles. The van der Waals surface area contributed by atoms with Gasteiger partial charge in [0.25, 0.3) is 5.91 Å². The summed E-state index contributed by atoms with van der Waals surface area (Å²) in [5.74, 6) is -1.05. The van der Waals surface area contributed by atoms with Crippen molar-refractivity contribution in [3.63, 3.8) is 0 Å². The number of hydrogen-bond acceptors (Lipinski definition) is 11. The van der Waals surface area contributed by atoms with Gasteiger partial charge in [0.15, 0.2) is 5.78 Å². The van der Waals surface area contributed by atoms with E-state index in [-0.39, 0.29) is 37.1 Å². The van der Waals surface area contributed by atoms with E-state index >= 15 is 0 Å². The maximum absolute atomic E-state index is 14.3. The molecule has 3 aliphatic rings. The Kier molecular flexibility index (Phi) is 15.1. The van der Waals surface area contributed by atoms with Crippen LogP contribution in [0.2, 0.25) is 0 Å². The number of benzene rings is 1. The number of methoxy groups -OCH3 is 1. The molecule has 6 unspecified atom stereocenters. The number of amides is 3. The number of aryl methyl sites for hydroxylation is 1. The number of ketones is 1. The van der Waals surface area contributed by atoms with Crippen molar-refractivity contribution >= 4 is 44.6 Å². The summed E-state index contributed by atoms with van der Waals surface area (Å²) < 4.78 is 51.9. The predicted molar refractivity (Wildman–Crippen MR) is 234 cm³/mol. The van der Waals surface area contributed by atoms with Crippen molar-refractivity contribution < 1.29 is 46.5 Å². The second-order valence-corrected chi connectivity index (χ2v) is 21.1. The quantitative estimate of drug-likeness (QED) is 0.198. The van der Waals surface area contributed by atoms with Gasteiger partial charge in [-0.1, -0.05) is 45.3 Å². The summed E-state index contributed by atoms with van der Waals surface area (Å²) >= 11 is 0. The number of pyridine rings is 1. The standard InChI is InChI=1S/C46H68N4O10S/c1-11-31-24-33(59-38-26-39(58-28(2)3)48-40-30(5)37(57-10)20-19-34(38)40)23-29(4)41(52)49-46(42(53)50-61(55,56)45(9)21-22-45)27-32(46)17-15-13-12-14-16-18-35(36(51)25-31)47-43(54)60-44(6,7)8/h15,17,19-20,26,28-29,31-33,35H,11-14,16,18,21-25,27H2,1-10H3,(H,47,54)(H,49,52)(H,50,53). The Balaban J connectivity index is 1.51. The number of fused-ring (bicyclic) bond motifs is 2. The van der Waals surface area contributed by atoms with Crippen molar-refractivity contribution in [3.05, 3.63) is 35.9 Å². The van der Waals surface area contributed by atoms with E-state index in [2.05, 4.69) is 15.4 Å². The number of allylic oxidation sites excluding steroid dienone is 1. The maximum atomic E-state index is 14.3. The third-order valence-corrected chi connectivity index (χ3v) is 14.3. The molecule has 1 aromatic carbocycles. The summed E-state index contributed by atoms with van der Waals surface area (Å²) in [4.78, 5) is 60.1.